The molecule has 0 saturated heterocycles. The van der Waals surface area contributed by atoms with E-state index in [1.54, 1.807) is 0 Å². The van der Waals surface area contributed by atoms with E-state index < -0.39 is 44.0 Å². The van der Waals surface area contributed by atoms with E-state index in [4.69, 9.17) is 4.74 Å². The molecule has 0 amide bonds. The zero-order chi connectivity index (χ0) is 17.9. The van der Waals surface area contributed by atoms with E-state index in [2.05, 4.69) is 20.8 Å². The number of halogens is 5. The average Bonchev–Trinajstić information content (AvgIpc) is 2.45. The Morgan fingerprint density at radius 3 is 2.13 bits per heavy atom. The average molecular weight is 350 g/mol. The lowest BCUT2D eigenvalue weighted by atomic mass is 10.3. The monoisotopic (exact) mass is 350 g/mol. The smallest absolute Gasteiger partial charge is 0.462 e. The van der Waals surface area contributed by atoms with E-state index in [9.17, 15) is 31.5 Å². The highest BCUT2D eigenvalue weighted by molar-refractivity contribution is 5.69. The number of ether oxygens (including phenoxy) is 4. The number of carbonyl (C=O) groups is 2. The van der Waals surface area contributed by atoms with Crippen molar-refractivity contribution >= 4 is 12.1 Å². The van der Waals surface area contributed by atoms with Gasteiger partial charge >= 0.3 is 24.2 Å². The van der Waals surface area contributed by atoms with Crippen LogP contribution >= 0.6 is 0 Å². The fourth-order valence-electron chi connectivity index (χ4n) is 0.948. The lowest BCUT2D eigenvalue weighted by Crippen LogP contribution is -2.41. The van der Waals surface area contributed by atoms with Crippen LogP contribution < -0.4 is 0 Å². The molecule has 0 spiro atoms. The van der Waals surface area contributed by atoms with E-state index in [1.165, 1.54) is 6.08 Å². The molecule has 0 rings (SSSR count). The Morgan fingerprint density at radius 2 is 1.57 bits per heavy atom. The Bertz CT molecular complexity index is 396. The Kier molecular flexibility index (Phi) is 9.15. The summed E-state index contributed by atoms with van der Waals surface area (Å²) >= 11 is 0. The van der Waals surface area contributed by atoms with E-state index in [0.717, 1.165) is 0 Å². The summed E-state index contributed by atoms with van der Waals surface area (Å²) in [5.41, 5.74) is 0. The third-order valence-corrected chi connectivity index (χ3v) is 2.04. The van der Waals surface area contributed by atoms with Crippen LogP contribution in [0.5, 0.6) is 0 Å². The first-order chi connectivity index (χ1) is 10.6. The number of hydrogen-bond donors (Lipinski definition) is 0. The van der Waals surface area contributed by atoms with Crippen molar-refractivity contribution in [3.05, 3.63) is 12.7 Å². The van der Waals surface area contributed by atoms with Gasteiger partial charge in [-0.15, -0.1) is 6.58 Å². The number of hydrogen-bond acceptors (Lipinski definition) is 6. The second kappa shape index (κ2) is 9.98. The van der Waals surface area contributed by atoms with Crippen LogP contribution in [0.4, 0.5) is 26.7 Å². The van der Waals surface area contributed by atoms with Crippen molar-refractivity contribution in [2.24, 2.45) is 0 Å². The molecule has 6 nitrogen and oxygen atoms in total. The fraction of sp³-hybridized carbons (Fsp3) is 0.667. The number of alkyl halides is 5. The Balaban J connectivity index is 3.75. The van der Waals surface area contributed by atoms with Gasteiger partial charge in [-0.25, -0.2) is 4.79 Å². The van der Waals surface area contributed by atoms with E-state index in [1.807, 2.05) is 0 Å². The molecular weight excluding hydrogens is 335 g/mol. The third-order valence-electron chi connectivity index (χ3n) is 2.04. The molecule has 23 heavy (non-hydrogen) atoms. The number of carbonyl (C=O) groups excluding carboxylic acids is 2. The lowest BCUT2D eigenvalue weighted by Gasteiger charge is -2.18. The van der Waals surface area contributed by atoms with E-state index in [-0.39, 0.29) is 19.6 Å². The van der Waals surface area contributed by atoms with Gasteiger partial charge in [0.15, 0.2) is 6.61 Å². The SMILES string of the molecule is C=CCOCCC(=O)OCCOC(=O)OCC(F)(F)C(F)(F)F. The predicted molar refractivity (Wildman–Crippen MR) is 64.9 cm³/mol. The molecule has 0 unspecified atom stereocenters. The van der Waals surface area contributed by atoms with Gasteiger partial charge in [0, 0.05) is 0 Å². The molecular formula is C12H15F5O6. The van der Waals surface area contributed by atoms with Gasteiger partial charge in [-0.3, -0.25) is 4.79 Å². The molecule has 0 saturated carbocycles. The van der Waals surface area contributed by atoms with Crippen LogP contribution in [0.1, 0.15) is 6.42 Å². The highest BCUT2D eigenvalue weighted by atomic mass is 19.4. The minimum atomic E-state index is -5.84. The molecule has 0 aliphatic heterocycles. The molecule has 0 bridgehead atoms. The van der Waals surface area contributed by atoms with Crippen molar-refractivity contribution in [3.8, 4) is 0 Å². The Labute approximate surface area is 128 Å². The molecule has 0 aromatic heterocycles. The van der Waals surface area contributed by atoms with Crippen LogP contribution in [0.2, 0.25) is 0 Å². The molecule has 11 heteroatoms. The maximum atomic E-state index is 12.4. The lowest BCUT2D eigenvalue weighted by molar-refractivity contribution is -0.293. The molecule has 0 aliphatic carbocycles. The van der Waals surface area contributed by atoms with Gasteiger partial charge in [-0.05, 0) is 0 Å². The van der Waals surface area contributed by atoms with Gasteiger partial charge in [0.05, 0.1) is 19.6 Å². The van der Waals surface area contributed by atoms with Crippen molar-refractivity contribution in [1.29, 1.82) is 0 Å². The van der Waals surface area contributed by atoms with Crippen molar-refractivity contribution in [1.82, 2.24) is 0 Å². The van der Waals surface area contributed by atoms with Gasteiger partial charge in [0.1, 0.15) is 13.2 Å². The van der Waals surface area contributed by atoms with E-state index in [0.29, 0.717) is 0 Å². The minimum absolute atomic E-state index is 0.0733. The predicted octanol–water partition coefficient (Wildman–Crippen LogP) is 2.47. The maximum Gasteiger partial charge on any atom is 0.508 e. The molecule has 0 atom stereocenters. The normalized spacial score (nSPS) is 11.7. The summed E-state index contributed by atoms with van der Waals surface area (Å²) in [5, 5.41) is 0. The maximum absolute atomic E-state index is 12.4. The van der Waals surface area contributed by atoms with Crippen LogP contribution in [0.3, 0.4) is 0 Å². The Hall–Kier alpha value is -1.91. The highest BCUT2D eigenvalue weighted by Crippen LogP contribution is 2.35. The summed E-state index contributed by atoms with van der Waals surface area (Å²) in [6.45, 7) is 0.556. The van der Waals surface area contributed by atoms with Gasteiger partial charge in [0.2, 0.25) is 0 Å². The zero-order valence-electron chi connectivity index (χ0n) is 11.9. The van der Waals surface area contributed by atoms with Crippen molar-refractivity contribution in [2.75, 3.05) is 33.0 Å². The van der Waals surface area contributed by atoms with Gasteiger partial charge in [0.25, 0.3) is 0 Å². The first kappa shape index (κ1) is 21.1. The van der Waals surface area contributed by atoms with Crippen LogP contribution in [-0.2, 0) is 23.7 Å². The van der Waals surface area contributed by atoms with Crippen molar-refractivity contribution < 1.29 is 50.5 Å². The van der Waals surface area contributed by atoms with Gasteiger partial charge < -0.3 is 18.9 Å². The first-order valence-electron chi connectivity index (χ1n) is 6.18. The zero-order valence-corrected chi connectivity index (χ0v) is 11.9. The van der Waals surface area contributed by atoms with Gasteiger partial charge in [-0.2, -0.15) is 22.0 Å². The quantitative estimate of drug-likeness (QED) is 0.261. The molecule has 0 aliphatic rings. The first-order valence-corrected chi connectivity index (χ1v) is 6.18. The van der Waals surface area contributed by atoms with Crippen LogP contribution in [-0.4, -0.2) is 57.3 Å². The molecule has 0 radical (unpaired) electrons. The minimum Gasteiger partial charge on any atom is -0.462 e. The largest absolute Gasteiger partial charge is 0.508 e. The molecule has 134 valence electrons. The van der Waals surface area contributed by atoms with E-state index >= 15 is 0 Å². The van der Waals surface area contributed by atoms with Crippen molar-refractivity contribution in [3.63, 3.8) is 0 Å². The summed E-state index contributed by atoms with van der Waals surface area (Å²) in [7, 11) is 0. The molecule has 0 fully saturated rings. The summed E-state index contributed by atoms with van der Waals surface area (Å²) in [5.74, 6) is -5.85. The summed E-state index contributed by atoms with van der Waals surface area (Å²) in [4.78, 5) is 21.9. The highest BCUT2D eigenvalue weighted by Gasteiger charge is 2.58. The topological polar surface area (TPSA) is 71.1 Å². The van der Waals surface area contributed by atoms with Crippen molar-refractivity contribution in [2.45, 2.75) is 18.5 Å². The third kappa shape index (κ3) is 9.66. The van der Waals surface area contributed by atoms with Crippen LogP contribution in [0.25, 0.3) is 0 Å². The fourth-order valence-corrected chi connectivity index (χ4v) is 0.948. The molecule has 0 N–H and O–H groups in total. The standard InChI is InChI=1S/C12H15F5O6/c1-2-4-20-5-3-9(18)21-6-7-22-10(19)23-8-11(13,14)12(15,16)17/h2H,1,3-8H2. The number of esters is 1. The summed E-state index contributed by atoms with van der Waals surface area (Å²) in [6.07, 6.45) is -6.17. The Morgan fingerprint density at radius 1 is 0.957 bits per heavy atom. The molecule has 0 aromatic rings. The summed E-state index contributed by atoms with van der Waals surface area (Å²) in [6, 6.07) is 0. The summed E-state index contributed by atoms with van der Waals surface area (Å²) < 4.78 is 77.4. The second-order valence-corrected chi connectivity index (χ2v) is 3.92. The second-order valence-electron chi connectivity index (χ2n) is 3.92. The van der Waals surface area contributed by atoms with Crippen LogP contribution in [0.15, 0.2) is 12.7 Å². The number of rotatable bonds is 10. The molecule has 0 heterocycles. The van der Waals surface area contributed by atoms with Crippen LogP contribution in [0, 0.1) is 0 Å². The molecule has 0 aromatic carbocycles. The van der Waals surface area contributed by atoms with Gasteiger partial charge in [-0.1, -0.05) is 6.08 Å².